The van der Waals surface area contributed by atoms with Gasteiger partial charge in [0.05, 0.1) is 12.5 Å². The maximum absolute atomic E-state index is 12.1. The van der Waals surface area contributed by atoms with E-state index < -0.39 is 24.4 Å². The van der Waals surface area contributed by atoms with Crippen LogP contribution in [0.5, 0.6) is 0 Å². The predicted octanol–water partition coefficient (Wildman–Crippen LogP) is -0.475. The highest BCUT2D eigenvalue weighted by atomic mass is 16.5. The number of likely N-dealkylation sites (N-methyl/N-ethyl adjacent to an activating group) is 2. The molecule has 3 amide bonds. The van der Waals surface area contributed by atoms with Crippen molar-refractivity contribution in [1.82, 2.24) is 15.1 Å². The number of amides is 3. The van der Waals surface area contributed by atoms with Gasteiger partial charge in [-0.05, 0) is 12.8 Å². The Morgan fingerprint density at radius 2 is 1.96 bits per heavy atom. The first-order valence-corrected chi connectivity index (χ1v) is 8.33. The molecule has 1 N–H and O–H groups in total. The topological polar surface area (TPSA) is 96.0 Å². The smallest absolute Gasteiger partial charge is 0.311 e. The molecule has 1 atom stereocenters. The minimum Gasteiger partial charge on any atom is -0.455 e. The molecule has 2 rings (SSSR count). The average molecular weight is 339 g/mol. The van der Waals surface area contributed by atoms with E-state index in [1.165, 1.54) is 19.0 Å². The molecule has 1 saturated carbocycles. The van der Waals surface area contributed by atoms with Crippen molar-refractivity contribution in [3.63, 3.8) is 0 Å². The number of likely N-dealkylation sites (tertiary alicyclic amines) is 1. The first-order valence-electron chi connectivity index (χ1n) is 8.33. The summed E-state index contributed by atoms with van der Waals surface area (Å²) in [5.41, 5.74) is 0. The number of rotatable bonds is 6. The largest absolute Gasteiger partial charge is 0.455 e. The number of nitrogens with zero attached hydrogens (tertiary/aromatic N) is 2. The molecule has 0 radical (unpaired) electrons. The van der Waals surface area contributed by atoms with Crippen LogP contribution in [-0.4, -0.2) is 73.3 Å². The quantitative estimate of drug-likeness (QED) is 0.660. The van der Waals surface area contributed by atoms with E-state index in [1.807, 2.05) is 0 Å². The molecule has 0 bridgehead atoms. The van der Waals surface area contributed by atoms with Gasteiger partial charge in [-0.15, -0.1) is 0 Å². The number of hydrogen-bond donors (Lipinski definition) is 1. The zero-order chi connectivity index (χ0) is 17.7. The van der Waals surface area contributed by atoms with Crippen molar-refractivity contribution in [2.45, 2.75) is 38.1 Å². The first-order chi connectivity index (χ1) is 11.4. The van der Waals surface area contributed by atoms with Crippen molar-refractivity contribution < 1.29 is 23.9 Å². The Morgan fingerprint density at radius 1 is 1.29 bits per heavy atom. The lowest BCUT2D eigenvalue weighted by atomic mass is 10.1. The Balaban J connectivity index is 1.77. The van der Waals surface area contributed by atoms with Crippen LogP contribution < -0.4 is 5.32 Å². The Kier molecular flexibility index (Phi) is 6.16. The molecule has 24 heavy (non-hydrogen) atoms. The maximum atomic E-state index is 12.1. The van der Waals surface area contributed by atoms with Crippen LogP contribution in [-0.2, 0) is 23.9 Å². The van der Waals surface area contributed by atoms with Crippen molar-refractivity contribution >= 4 is 23.7 Å². The van der Waals surface area contributed by atoms with E-state index in [4.69, 9.17) is 4.74 Å². The van der Waals surface area contributed by atoms with Crippen molar-refractivity contribution in [2.24, 2.45) is 5.92 Å². The molecule has 2 fully saturated rings. The summed E-state index contributed by atoms with van der Waals surface area (Å²) < 4.78 is 5.04. The summed E-state index contributed by atoms with van der Waals surface area (Å²) in [7, 11) is 2.94. The van der Waals surface area contributed by atoms with Gasteiger partial charge in [0.15, 0.2) is 6.61 Å². The number of ether oxygens (including phenoxy) is 1. The molecule has 134 valence electrons. The first kappa shape index (κ1) is 18.2. The van der Waals surface area contributed by atoms with Gasteiger partial charge >= 0.3 is 5.97 Å². The molecule has 0 aromatic carbocycles. The molecular formula is C16H25N3O5. The fraction of sp³-hybridized carbons (Fsp3) is 0.750. The van der Waals surface area contributed by atoms with Crippen LogP contribution in [0.3, 0.4) is 0 Å². The summed E-state index contributed by atoms with van der Waals surface area (Å²) in [5, 5.41) is 2.41. The molecule has 1 saturated heterocycles. The third-order valence-electron chi connectivity index (χ3n) is 4.68. The SMILES string of the molecule is CNC(=O)CN(C)C(=O)COC(=O)[C@H]1CC(=O)N(C2CCCC2)C1. The molecule has 1 aliphatic carbocycles. The van der Waals surface area contributed by atoms with Crippen LogP contribution in [0, 0.1) is 5.92 Å². The summed E-state index contributed by atoms with van der Waals surface area (Å²) in [6.07, 6.45) is 4.38. The van der Waals surface area contributed by atoms with Gasteiger partial charge in [0.1, 0.15) is 0 Å². The molecule has 0 aromatic heterocycles. The van der Waals surface area contributed by atoms with Gasteiger partial charge in [0.2, 0.25) is 11.8 Å². The molecule has 8 heteroatoms. The maximum Gasteiger partial charge on any atom is 0.311 e. The second-order valence-electron chi connectivity index (χ2n) is 6.42. The van der Waals surface area contributed by atoms with Crippen molar-refractivity contribution in [3.05, 3.63) is 0 Å². The van der Waals surface area contributed by atoms with E-state index in [-0.39, 0.29) is 30.8 Å². The van der Waals surface area contributed by atoms with Gasteiger partial charge in [-0.1, -0.05) is 12.8 Å². The van der Waals surface area contributed by atoms with Gasteiger partial charge < -0.3 is 19.9 Å². The van der Waals surface area contributed by atoms with Crippen LogP contribution in [0.4, 0.5) is 0 Å². The van der Waals surface area contributed by atoms with Gasteiger partial charge in [0, 0.05) is 33.1 Å². The average Bonchev–Trinajstić information content (AvgIpc) is 3.21. The molecular weight excluding hydrogens is 314 g/mol. The molecule has 8 nitrogen and oxygen atoms in total. The second kappa shape index (κ2) is 8.12. The van der Waals surface area contributed by atoms with Crippen molar-refractivity contribution in [2.75, 3.05) is 33.8 Å². The molecule has 0 spiro atoms. The summed E-state index contributed by atoms with van der Waals surface area (Å²) in [6.45, 7) is -0.130. The van der Waals surface area contributed by atoms with E-state index >= 15 is 0 Å². The highest BCUT2D eigenvalue weighted by Crippen LogP contribution is 2.29. The minimum absolute atomic E-state index is 0.00749. The monoisotopic (exact) mass is 339 g/mol. The van der Waals surface area contributed by atoms with Crippen LogP contribution in [0.1, 0.15) is 32.1 Å². The summed E-state index contributed by atoms with van der Waals surface area (Å²) in [6, 6.07) is 0.246. The lowest BCUT2D eigenvalue weighted by molar-refractivity contribution is -0.155. The summed E-state index contributed by atoms with van der Waals surface area (Å²) in [5.74, 6) is -1.79. The fourth-order valence-corrected chi connectivity index (χ4v) is 3.20. The number of nitrogens with one attached hydrogen (secondary N) is 1. The Bertz CT molecular complexity index is 516. The van der Waals surface area contributed by atoms with E-state index in [2.05, 4.69) is 5.32 Å². The Morgan fingerprint density at radius 3 is 2.58 bits per heavy atom. The lowest BCUT2D eigenvalue weighted by Crippen LogP contribution is -2.39. The van der Waals surface area contributed by atoms with E-state index in [1.54, 1.807) is 4.90 Å². The van der Waals surface area contributed by atoms with Gasteiger partial charge in [-0.2, -0.15) is 0 Å². The minimum atomic E-state index is -0.523. The predicted molar refractivity (Wildman–Crippen MR) is 84.7 cm³/mol. The molecule has 0 aromatic rings. The second-order valence-corrected chi connectivity index (χ2v) is 6.42. The molecule has 1 heterocycles. The van der Waals surface area contributed by atoms with Gasteiger partial charge in [0.25, 0.3) is 5.91 Å². The number of hydrogen-bond acceptors (Lipinski definition) is 5. The number of esters is 1. The fourth-order valence-electron chi connectivity index (χ4n) is 3.20. The zero-order valence-electron chi connectivity index (χ0n) is 14.2. The van der Waals surface area contributed by atoms with Crippen LogP contribution in [0.15, 0.2) is 0 Å². The summed E-state index contributed by atoms with van der Waals surface area (Å²) >= 11 is 0. The van der Waals surface area contributed by atoms with E-state index in [0.717, 1.165) is 25.7 Å². The Hall–Kier alpha value is -2.12. The van der Waals surface area contributed by atoms with Crippen LogP contribution >= 0.6 is 0 Å². The van der Waals surface area contributed by atoms with E-state index in [0.29, 0.717) is 6.54 Å². The highest BCUT2D eigenvalue weighted by Gasteiger charge is 2.39. The van der Waals surface area contributed by atoms with Crippen LogP contribution in [0.25, 0.3) is 0 Å². The highest BCUT2D eigenvalue weighted by molar-refractivity contribution is 5.89. The summed E-state index contributed by atoms with van der Waals surface area (Å²) in [4.78, 5) is 50.2. The molecule has 0 unspecified atom stereocenters. The zero-order valence-corrected chi connectivity index (χ0v) is 14.2. The van der Waals surface area contributed by atoms with Crippen LogP contribution in [0.2, 0.25) is 0 Å². The Labute approximate surface area is 141 Å². The molecule has 1 aliphatic heterocycles. The third kappa shape index (κ3) is 4.46. The normalized spacial score (nSPS) is 21.0. The van der Waals surface area contributed by atoms with Gasteiger partial charge in [-0.25, -0.2) is 0 Å². The van der Waals surface area contributed by atoms with Crippen molar-refractivity contribution in [3.8, 4) is 0 Å². The van der Waals surface area contributed by atoms with Gasteiger partial charge in [-0.3, -0.25) is 19.2 Å². The van der Waals surface area contributed by atoms with E-state index in [9.17, 15) is 19.2 Å². The lowest BCUT2D eigenvalue weighted by Gasteiger charge is -2.23. The standard InChI is InChI=1S/C16H25N3O5/c1-17-13(20)9-18(2)15(22)10-24-16(23)11-7-14(21)19(8-11)12-5-3-4-6-12/h11-12H,3-10H2,1-2H3,(H,17,20)/t11-/m0/s1. The molecule has 2 aliphatic rings. The number of carbonyl (C=O) groups is 4. The number of carbonyl (C=O) groups excluding carboxylic acids is 4. The third-order valence-corrected chi connectivity index (χ3v) is 4.68. The van der Waals surface area contributed by atoms with Crippen molar-refractivity contribution in [1.29, 1.82) is 0 Å².